The second-order valence-electron chi connectivity index (χ2n) is 7.21. The van der Waals surface area contributed by atoms with Gasteiger partial charge in [-0.05, 0) is 42.5 Å². The predicted molar refractivity (Wildman–Crippen MR) is 116 cm³/mol. The number of alkyl halides is 2. The zero-order valence-electron chi connectivity index (χ0n) is 18.4. The monoisotopic (exact) mass is 494 g/mol. The van der Waals surface area contributed by atoms with Gasteiger partial charge in [-0.3, -0.25) is 9.59 Å². The quantitative estimate of drug-likeness (QED) is 0.442. The van der Waals surface area contributed by atoms with E-state index in [-0.39, 0.29) is 18.0 Å². The molecule has 0 aromatic heterocycles. The van der Waals surface area contributed by atoms with Crippen LogP contribution in [-0.4, -0.2) is 26.0 Å². The van der Waals surface area contributed by atoms with Gasteiger partial charge < -0.3 is 20.1 Å². The summed E-state index contributed by atoms with van der Waals surface area (Å²) in [6, 6.07) is 9.05. The predicted octanol–water partition coefficient (Wildman–Crippen LogP) is 4.78. The van der Waals surface area contributed by atoms with Crippen LogP contribution >= 0.6 is 0 Å². The summed E-state index contributed by atoms with van der Waals surface area (Å²) in [4.78, 5) is 24.7. The number of hydrogen-bond acceptors (Lipinski definition) is 4. The molecular formula is C24H19F5N2O4. The van der Waals surface area contributed by atoms with Gasteiger partial charge in [-0.2, -0.15) is 8.78 Å². The van der Waals surface area contributed by atoms with Gasteiger partial charge in [0, 0.05) is 35.5 Å². The van der Waals surface area contributed by atoms with Gasteiger partial charge in [-0.15, -0.1) is 0 Å². The highest BCUT2D eigenvalue weighted by Crippen LogP contribution is 2.32. The average molecular weight is 494 g/mol. The number of benzene rings is 3. The molecule has 0 saturated heterocycles. The summed E-state index contributed by atoms with van der Waals surface area (Å²) in [6.45, 7) is -0.362. The molecule has 0 aliphatic heterocycles. The Balaban J connectivity index is 1.78. The molecule has 2 amide bonds. The summed E-state index contributed by atoms with van der Waals surface area (Å²) < 4.78 is 80.6. The molecule has 0 aliphatic carbocycles. The highest BCUT2D eigenvalue weighted by molar-refractivity contribution is 6.04. The zero-order chi connectivity index (χ0) is 25.8. The summed E-state index contributed by atoms with van der Waals surface area (Å²) in [7, 11) is 2.78. The second kappa shape index (κ2) is 10.4. The molecule has 0 radical (unpaired) electrons. The number of anilines is 1. The van der Waals surface area contributed by atoms with Crippen molar-refractivity contribution in [3.63, 3.8) is 0 Å². The maximum absolute atomic E-state index is 14.9. The van der Waals surface area contributed by atoms with Crippen molar-refractivity contribution >= 4 is 17.5 Å². The van der Waals surface area contributed by atoms with Crippen LogP contribution in [0.15, 0.2) is 54.6 Å². The largest absolute Gasteiger partial charge is 0.497 e. The van der Waals surface area contributed by atoms with Gasteiger partial charge >= 0.3 is 5.92 Å². The van der Waals surface area contributed by atoms with Gasteiger partial charge in [-0.25, -0.2) is 13.2 Å². The second-order valence-corrected chi connectivity index (χ2v) is 7.21. The molecule has 3 aromatic carbocycles. The third-order valence-corrected chi connectivity index (χ3v) is 4.96. The Morgan fingerprint density at radius 2 is 1.57 bits per heavy atom. The van der Waals surface area contributed by atoms with Gasteiger partial charge in [0.1, 0.15) is 17.3 Å². The Hall–Kier alpha value is -4.15. The number of amides is 2. The van der Waals surface area contributed by atoms with Crippen LogP contribution < -0.4 is 20.1 Å². The van der Waals surface area contributed by atoms with E-state index in [0.29, 0.717) is 29.5 Å². The van der Waals surface area contributed by atoms with Crippen LogP contribution in [0.5, 0.6) is 11.5 Å². The lowest BCUT2D eigenvalue weighted by Crippen LogP contribution is -2.38. The highest BCUT2D eigenvalue weighted by Gasteiger charge is 2.43. The van der Waals surface area contributed by atoms with Gasteiger partial charge in [0.2, 0.25) is 0 Å². The standard InChI is InChI=1S/C24H19F5N2O4/c1-34-16-6-3-14(21(11-16)35-2)12-30-23(33)24(28,29)17-9-13(4-7-18(17)25)22(32)31-15-5-8-19(26)20(27)10-15/h3-11H,12H2,1-2H3,(H,30,33)(H,31,32). The van der Waals surface area contributed by atoms with Crippen LogP contribution in [0.25, 0.3) is 0 Å². The van der Waals surface area contributed by atoms with Gasteiger partial charge in [0.25, 0.3) is 11.8 Å². The molecule has 0 aliphatic rings. The topological polar surface area (TPSA) is 76.7 Å². The van der Waals surface area contributed by atoms with Crippen LogP contribution in [0.3, 0.4) is 0 Å². The number of rotatable bonds is 8. The Bertz CT molecular complexity index is 1270. The van der Waals surface area contributed by atoms with Crippen molar-refractivity contribution in [2.24, 2.45) is 0 Å². The van der Waals surface area contributed by atoms with Gasteiger partial charge in [0.15, 0.2) is 11.6 Å². The third-order valence-electron chi connectivity index (χ3n) is 4.96. The molecule has 184 valence electrons. The van der Waals surface area contributed by atoms with Crippen LogP contribution in [0.1, 0.15) is 21.5 Å². The molecule has 35 heavy (non-hydrogen) atoms. The zero-order valence-corrected chi connectivity index (χ0v) is 18.4. The van der Waals surface area contributed by atoms with Crippen LogP contribution in [-0.2, 0) is 17.3 Å². The molecule has 0 fully saturated rings. The highest BCUT2D eigenvalue weighted by atomic mass is 19.3. The smallest absolute Gasteiger partial charge is 0.352 e. The van der Waals surface area contributed by atoms with Crippen LogP contribution in [0.4, 0.5) is 27.6 Å². The van der Waals surface area contributed by atoms with Crippen molar-refractivity contribution in [3.8, 4) is 11.5 Å². The molecule has 0 heterocycles. The Morgan fingerprint density at radius 3 is 2.23 bits per heavy atom. The molecular weight excluding hydrogens is 475 g/mol. The van der Waals surface area contributed by atoms with Crippen LogP contribution in [0.2, 0.25) is 0 Å². The first-order chi connectivity index (χ1) is 16.6. The minimum atomic E-state index is -4.35. The van der Waals surface area contributed by atoms with E-state index in [4.69, 9.17) is 9.47 Å². The summed E-state index contributed by atoms with van der Waals surface area (Å²) in [5, 5.41) is 4.21. The molecule has 0 saturated carbocycles. The fourth-order valence-corrected chi connectivity index (χ4v) is 3.09. The number of halogens is 5. The van der Waals surface area contributed by atoms with Crippen molar-refractivity contribution in [1.29, 1.82) is 0 Å². The average Bonchev–Trinajstić information content (AvgIpc) is 2.84. The lowest BCUT2D eigenvalue weighted by Gasteiger charge is -2.18. The molecule has 0 spiro atoms. The number of methoxy groups -OCH3 is 2. The van der Waals surface area contributed by atoms with Crippen molar-refractivity contribution in [2.75, 3.05) is 19.5 Å². The van der Waals surface area contributed by atoms with Crippen molar-refractivity contribution in [3.05, 3.63) is 88.7 Å². The Labute approximate surface area is 196 Å². The summed E-state index contributed by atoms with van der Waals surface area (Å²) >= 11 is 0. The summed E-state index contributed by atoms with van der Waals surface area (Å²) in [5.74, 6) is -10.2. The van der Waals surface area contributed by atoms with E-state index in [1.165, 1.54) is 32.4 Å². The molecule has 0 bridgehead atoms. The number of ether oxygens (including phenoxy) is 2. The summed E-state index contributed by atoms with van der Waals surface area (Å²) in [6.07, 6.45) is 0. The maximum Gasteiger partial charge on any atom is 0.352 e. The van der Waals surface area contributed by atoms with Gasteiger partial charge in [0.05, 0.1) is 19.8 Å². The van der Waals surface area contributed by atoms with E-state index < -0.39 is 46.3 Å². The van der Waals surface area contributed by atoms with E-state index in [9.17, 15) is 31.5 Å². The molecule has 3 rings (SSSR count). The molecule has 2 N–H and O–H groups in total. The number of carbonyl (C=O) groups is 2. The normalized spacial score (nSPS) is 11.1. The first-order valence-corrected chi connectivity index (χ1v) is 10.00. The van der Waals surface area contributed by atoms with Gasteiger partial charge in [-0.1, -0.05) is 0 Å². The molecule has 11 heteroatoms. The number of carbonyl (C=O) groups excluding carboxylic acids is 2. The van der Waals surface area contributed by atoms with Crippen molar-refractivity contribution in [2.45, 2.75) is 12.5 Å². The van der Waals surface area contributed by atoms with E-state index in [0.717, 1.165) is 18.2 Å². The molecule has 6 nitrogen and oxygen atoms in total. The van der Waals surface area contributed by atoms with E-state index in [1.54, 1.807) is 0 Å². The van der Waals surface area contributed by atoms with Crippen LogP contribution in [0, 0.1) is 17.5 Å². The maximum atomic E-state index is 14.9. The Morgan fingerprint density at radius 1 is 0.857 bits per heavy atom. The first-order valence-electron chi connectivity index (χ1n) is 10.00. The van der Waals surface area contributed by atoms with E-state index >= 15 is 0 Å². The van der Waals surface area contributed by atoms with E-state index in [2.05, 4.69) is 5.32 Å². The van der Waals surface area contributed by atoms with Crippen molar-refractivity contribution in [1.82, 2.24) is 5.32 Å². The lowest BCUT2D eigenvalue weighted by molar-refractivity contribution is -0.147. The Kier molecular flexibility index (Phi) is 7.58. The fraction of sp³-hybridized carbons (Fsp3) is 0.167. The number of hydrogen-bond donors (Lipinski definition) is 2. The first kappa shape index (κ1) is 25.5. The SMILES string of the molecule is COc1ccc(CNC(=O)C(F)(F)c2cc(C(=O)Nc3ccc(F)c(F)c3)ccc2F)c(OC)c1. The number of nitrogens with one attached hydrogen (secondary N) is 2. The van der Waals surface area contributed by atoms with Crippen molar-refractivity contribution < 1.29 is 41.0 Å². The van der Waals surface area contributed by atoms with E-state index in [1.807, 2.05) is 5.32 Å². The third kappa shape index (κ3) is 5.68. The molecule has 0 unspecified atom stereocenters. The fourth-order valence-electron chi connectivity index (χ4n) is 3.09. The minimum absolute atomic E-state index is 0.155. The lowest BCUT2D eigenvalue weighted by atomic mass is 10.0. The minimum Gasteiger partial charge on any atom is -0.497 e. The molecule has 3 aromatic rings. The summed E-state index contributed by atoms with van der Waals surface area (Å²) in [5.41, 5.74) is -1.57. The molecule has 0 atom stereocenters.